The number of phosphoric ester groups is 2. The zero-order chi connectivity index (χ0) is 81.7. The fourth-order valence-electron chi connectivity index (χ4n) is 10.2. The van der Waals surface area contributed by atoms with E-state index in [4.69, 9.17) is 37.0 Å². The van der Waals surface area contributed by atoms with Crippen LogP contribution in [0.4, 0.5) is 0 Å². The number of carbonyl (C=O) groups excluding carboxylic acids is 4. The van der Waals surface area contributed by atoms with E-state index in [0.717, 1.165) is 199 Å². The van der Waals surface area contributed by atoms with Crippen LogP contribution in [0, 0.1) is 0 Å². The summed E-state index contributed by atoms with van der Waals surface area (Å²) < 4.78 is 68.7. The predicted molar refractivity (Wildman–Crippen MR) is 463 cm³/mol. The molecule has 0 amide bonds. The van der Waals surface area contributed by atoms with E-state index in [1.165, 1.54) is 0 Å². The maximum Gasteiger partial charge on any atom is 0.472 e. The van der Waals surface area contributed by atoms with Crippen LogP contribution >= 0.6 is 15.6 Å². The highest BCUT2D eigenvalue weighted by atomic mass is 31.2. The summed E-state index contributed by atoms with van der Waals surface area (Å²) in [6.45, 7) is 4.24. The quantitative estimate of drug-likeness (QED) is 0.0169. The fraction of sp³-hybridized carbons (Fsp3) is 0.570. The molecule has 630 valence electrons. The lowest BCUT2D eigenvalue weighted by atomic mass is 10.1. The Labute approximate surface area is 677 Å². The standard InChI is InChI=1S/C93H146O17P2/c1-5-9-13-17-21-25-29-33-37-41-43-47-50-54-58-62-66-70-74-78-91(96)104-84-89(110-93(98)80-76-72-68-64-60-56-52-48-44-42-38-34-30-26-22-18-14-10-6-2)86-108-112(101,102)106-82-87(94)81-105-111(99,100)107-85-88(109-92(97)79-75-71-67-63-59-55-51-46-40-36-32-28-24-20-16-12-8-4)83-103-90(95)77-73-69-65-61-57-53-49-45-39-35-31-27-23-19-15-11-7-3/h9-16,21-28,33-40,43-44,47-49,53-54,56,58,60,66,70,87-89,94H,5-8,17-20,29-32,41-42,45-46,50-52,55,57,59,61-65,67-69,71-86H2,1-4H3,(H,99,100)(H,101,102)/b13-9-,14-10-,15-11-,16-12-,25-21-,26-22-,27-23-,28-24-,37-33-,38-34-,39-35-,40-36-,47-43-,48-44-,53-49-,58-54-,60-56-,70-66-. The average Bonchev–Trinajstić information content (AvgIpc) is 0.898. The maximum absolute atomic E-state index is 13.1. The van der Waals surface area contributed by atoms with Gasteiger partial charge < -0.3 is 33.8 Å². The largest absolute Gasteiger partial charge is 0.472 e. The number of esters is 4. The van der Waals surface area contributed by atoms with Gasteiger partial charge in [-0.1, -0.05) is 298 Å². The van der Waals surface area contributed by atoms with Crippen LogP contribution < -0.4 is 0 Å². The van der Waals surface area contributed by atoms with Crippen molar-refractivity contribution >= 4 is 39.5 Å². The highest BCUT2D eigenvalue weighted by Crippen LogP contribution is 2.45. The molecular formula is C93H146O17P2. The van der Waals surface area contributed by atoms with Crippen LogP contribution in [-0.2, 0) is 65.4 Å². The second-order valence-corrected chi connectivity index (χ2v) is 29.8. The number of hydrogen-bond donors (Lipinski definition) is 3. The summed E-state index contributed by atoms with van der Waals surface area (Å²) in [5, 5.41) is 10.7. The van der Waals surface area contributed by atoms with Gasteiger partial charge in [-0.2, -0.15) is 0 Å². The van der Waals surface area contributed by atoms with Crippen molar-refractivity contribution in [2.45, 2.75) is 303 Å². The van der Waals surface area contributed by atoms with E-state index in [2.05, 4.69) is 228 Å². The molecule has 0 aromatic heterocycles. The number of rotatable bonds is 76. The Balaban J connectivity index is 5.55. The minimum Gasteiger partial charge on any atom is -0.462 e. The molecule has 0 heterocycles. The van der Waals surface area contributed by atoms with Crippen LogP contribution in [0.1, 0.15) is 285 Å². The third-order valence-corrected chi connectivity index (χ3v) is 18.3. The van der Waals surface area contributed by atoms with Crippen LogP contribution in [0.5, 0.6) is 0 Å². The van der Waals surface area contributed by atoms with E-state index < -0.39 is 97.5 Å². The second kappa shape index (κ2) is 82.4. The molecule has 0 spiro atoms. The van der Waals surface area contributed by atoms with Gasteiger partial charge in [0.15, 0.2) is 12.2 Å². The zero-order valence-corrected chi connectivity index (χ0v) is 70.8. The maximum atomic E-state index is 13.1. The van der Waals surface area contributed by atoms with Crippen molar-refractivity contribution in [3.8, 4) is 0 Å². The third kappa shape index (κ3) is 81.4. The normalized spacial score (nSPS) is 14.9. The van der Waals surface area contributed by atoms with Crippen molar-refractivity contribution in [1.29, 1.82) is 0 Å². The lowest BCUT2D eigenvalue weighted by Crippen LogP contribution is -2.30. The first-order valence-electron chi connectivity index (χ1n) is 42.0. The third-order valence-electron chi connectivity index (χ3n) is 16.4. The minimum absolute atomic E-state index is 0.0186. The van der Waals surface area contributed by atoms with E-state index in [1.54, 1.807) is 0 Å². The summed E-state index contributed by atoms with van der Waals surface area (Å²) in [6.07, 6.45) is 105. The fourth-order valence-corrected chi connectivity index (χ4v) is 11.8. The summed E-state index contributed by atoms with van der Waals surface area (Å²) in [5.41, 5.74) is 0. The molecule has 0 aromatic rings. The number of aliphatic hydroxyl groups is 1. The molecule has 0 rings (SSSR count). The first-order valence-corrected chi connectivity index (χ1v) is 45.0. The summed E-state index contributed by atoms with van der Waals surface area (Å²) in [5.74, 6) is -2.37. The minimum atomic E-state index is -5.02. The van der Waals surface area contributed by atoms with E-state index in [1.807, 2.05) is 18.2 Å². The molecule has 0 saturated heterocycles. The molecule has 0 saturated carbocycles. The smallest absolute Gasteiger partial charge is 0.462 e. The van der Waals surface area contributed by atoms with Crippen molar-refractivity contribution < 1.29 is 80.2 Å². The summed E-state index contributed by atoms with van der Waals surface area (Å²) >= 11 is 0. The highest BCUT2D eigenvalue weighted by Gasteiger charge is 2.30. The van der Waals surface area contributed by atoms with Gasteiger partial charge in [0.05, 0.1) is 26.4 Å². The molecule has 0 aliphatic rings. The summed E-state index contributed by atoms with van der Waals surface area (Å²) in [7, 11) is -10.0. The van der Waals surface area contributed by atoms with E-state index in [9.17, 15) is 43.2 Å². The van der Waals surface area contributed by atoms with Crippen molar-refractivity contribution in [3.63, 3.8) is 0 Å². The van der Waals surface area contributed by atoms with Crippen LogP contribution in [0.2, 0.25) is 0 Å². The number of unbranched alkanes of at least 4 members (excludes halogenated alkanes) is 14. The molecule has 0 bridgehead atoms. The number of carbonyl (C=O) groups is 4. The molecule has 0 aliphatic heterocycles. The van der Waals surface area contributed by atoms with Crippen LogP contribution in [0.25, 0.3) is 0 Å². The number of ether oxygens (including phenoxy) is 4. The second-order valence-electron chi connectivity index (χ2n) is 26.9. The van der Waals surface area contributed by atoms with Gasteiger partial charge in [-0.15, -0.1) is 0 Å². The molecule has 17 nitrogen and oxygen atoms in total. The highest BCUT2D eigenvalue weighted by molar-refractivity contribution is 7.47. The molecule has 0 fully saturated rings. The lowest BCUT2D eigenvalue weighted by molar-refractivity contribution is -0.161. The Bertz CT molecular complexity index is 2990. The first kappa shape index (κ1) is 105. The number of phosphoric acid groups is 2. The van der Waals surface area contributed by atoms with Crippen molar-refractivity contribution in [1.82, 2.24) is 0 Å². The topological polar surface area (TPSA) is 237 Å². The SMILES string of the molecule is CC/C=C\C/C=C\C/C=C\C/C=C\C/C=C\C/C=C\CCC(=O)OCC(COP(=O)(O)OCC(O)COP(=O)(O)OCC(COC(=O)CCCCCC/C=C\C/C=C\C/C=C\C/C=C\CC)OC(=O)CCCCCCCCC/C=C\C/C=C\C/C=C\CC)OC(=O)CCCCC/C=C\C/C=C\C/C=C\C/C=C\C/C=C\CC. The molecular weight excluding hydrogens is 1450 g/mol. The van der Waals surface area contributed by atoms with Gasteiger partial charge >= 0.3 is 39.5 Å². The van der Waals surface area contributed by atoms with E-state index >= 15 is 0 Å². The Morgan fingerprint density at radius 2 is 0.455 bits per heavy atom. The van der Waals surface area contributed by atoms with Crippen molar-refractivity contribution in [2.75, 3.05) is 39.6 Å². The summed E-state index contributed by atoms with van der Waals surface area (Å²) in [6, 6.07) is 0. The van der Waals surface area contributed by atoms with Crippen LogP contribution in [-0.4, -0.2) is 96.7 Å². The van der Waals surface area contributed by atoms with Gasteiger partial charge in [-0.3, -0.25) is 37.3 Å². The van der Waals surface area contributed by atoms with Gasteiger partial charge in [0.2, 0.25) is 0 Å². The zero-order valence-electron chi connectivity index (χ0n) is 69.0. The van der Waals surface area contributed by atoms with Crippen LogP contribution in [0.15, 0.2) is 219 Å². The molecule has 0 aromatic carbocycles. The van der Waals surface area contributed by atoms with Crippen molar-refractivity contribution in [3.05, 3.63) is 219 Å². The number of allylic oxidation sites excluding steroid dienone is 36. The molecule has 3 N–H and O–H groups in total. The Morgan fingerprint density at radius 1 is 0.250 bits per heavy atom. The van der Waals surface area contributed by atoms with Gasteiger partial charge in [0.1, 0.15) is 19.3 Å². The van der Waals surface area contributed by atoms with Crippen molar-refractivity contribution in [2.24, 2.45) is 0 Å². The molecule has 19 heteroatoms. The van der Waals surface area contributed by atoms with Gasteiger partial charge in [0.25, 0.3) is 0 Å². The molecule has 5 unspecified atom stereocenters. The number of hydrogen-bond acceptors (Lipinski definition) is 15. The lowest BCUT2D eigenvalue weighted by Gasteiger charge is -2.21. The van der Waals surface area contributed by atoms with Gasteiger partial charge in [-0.25, -0.2) is 9.13 Å². The average molecular weight is 1600 g/mol. The molecule has 0 aliphatic carbocycles. The van der Waals surface area contributed by atoms with Gasteiger partial charge in [-0.05, 0) is 180 Å². The Morgan fingerprint density at radius 3 is 0.732 bits per heavy atom. The summed E-state index contributed by atoms with van der Waals surface area (Å²) in [4.78, 5) is 73.2. The predicted octanol–water partition coefficient (Wildman–Crippen LogP) is 25.2. The van der Waals surface area contributed by atoms with E-state index in [-0.39, 0.29) is 25.7 Å². The Kier molecular flexibility index (Phi) is 77.5. The van der Waals surface area contributed by atoms with E-state index in [0.29, 0.717) is 32.1 Å². The Hall–Kier alpha value is -6.62. The molecule has 112 heavy (non-hydrogen) atoms. The number of aliphatic hydroxyl groups excluding tert-OH is 1. The van der Waals surface area contributed by atoms with Gasteiger partial charge in [0, 0.05) is 25.7 Å². The van der Waals surface area contributed by atoms with Crippen LogP contribution in [0.3, 0.4) is 0 Å². The first-order chi connectivity index (χ1) is 54.7. The molecule has 5 atom stereocenters. The molecule has 0 radical (unpaired) electrons. The monoisotopic (exact) mass is 1600 g/mol.